The van der Waals surface area contributed by atoms with Crippen LogP contribution in [0.1, 0.15) is 20.7 Å². The van der Waals surface area contributed by atoms with Crippen LogP contribution < -0.4 is 5.32 Å². The van der Waals surface area contributed by atoms with Crippen molar-refractivity contribution in [2.45, 2.75) is 0 Å². The third-order valence-electron chi connectivity index (χ3n) is 3.15. The lowest BCUT2D eigenvalue weighted by Crippen LogP contribution is -2.12. The van der Waals surface area contributed by atoms with E-state index < -0.39 is 5.97 Å². The fourth-order valence-corrected chi connectivity index (χ4v) is 1.99. The van der Waals surface area contributed by atoms with E-state index in [1.807, 2.05) is 0 Å². The average Bonchev–Trinajstić information content (AvgIpc) is 2.61. The molecular weight excluding hydrogens is 296 g/mol. The number of hydrogen-bond acceptors (Lipinski definition) is 6. The van der Waals surface area contributed by atoms with Gasteiger partial charge in [-0.2, -0.15) is 0 Å². The minimum absolute atomic E-state index is 0.323. The highest BCUT2D eigenvalue weighted by atomic mass is 16.5. The zero-order valence-corrected chi connectivity index (χ0v) is 12.2. The van der Waals surface area contributed by atoms with Crippen LogP contribution in [-0.4, -0.2) is 33.9 Å². The van der Waals surface area contributed by atoms with Gasteiger partial charge in [0.05, 0.1) is 18.2 Å². The van der Waals surface area contributed by atoms with Crippen molar-refractivity contribution in [3.63, 3.8) is 0 Å². The molecule has 2 aromatic heterocycles. The van der Waals surface area contributed by atoms with E-state index in [2.05, 4.69) is 25.0 Å². The smallest absolute Gasteiger partial charge is 0.337 e. The topological polar surface area (TPSA) is 94.1 Å². The molecule has 0 saturated heterocycles. The number of carbonyl (C=O) groups is 2. The molecule has 0 atom stereocenters. The van der Waals surface area contributed by atoms with Crippen LogP contribution >= 0.6 is 0 Å². The molecule has 0 spiro atoms. The molecule has 0 aliphatic rings. The minimum Gasteiger partial charge on any atom is -0.465 e. The van der Waals surface area contributed by atoms with E-state index in [4.69, 9.17) is 0 Å². The Bertz CT molecular complexity index is 878. The Balaban J connectivity index is 1.78. The van der Waals surface area contributed by atoms with E-state index in [1.54, 1.807) is 30.3 Å². The number of anilines is 1. The highest BCUT2D eigenvalue weighted by molar-refractivity contribution is 6.05. The Morgan fingerprint density at radius 3 is 2.48 bits per heavy atom. The fourth-order valence-electron chi connectivity index (χ4n) is 1.99. The number of rotatable bonds is 3. The summed E-state index contributed by atoms with van der Waals surface area (Å²) in [5, 5.41) is 2.73. The summed E-state index contributed by atoms with van der Waals surface area (Å²) in [6.45, 7) is 0. The van der Waals surface area contributed by atoms with Gasteiger partial charge in [0.2, 0.25) is 0 Å². The number of benzene rings is 1. The molecule has 1 aromatic carbocycles. The van der Waals surface area contributed by atoms with E-state index in [1.165, 1.54) is 25.7 Å². The van der Waals surface area contributed by atoms with Crippen molar-refractivity contribution < 1.29 is 14.3 Å². The highest BCUT2D eigenvalue weighted by Crippen LogP contribution is 2.13. The van der Waals surface area contributed by atoms with Crippen molar-refractivity contribution in [3.8, 4) is 0 Å². The molecule has 0 aliphatic carbocycles. The summed E-state index contributed by atoms with van der Waals surface area (Å²) in [7, 11) is 1.31. The quantitative estimate of drug-likeness (QED) is 0.744. The van der Waals surface area contributed by atoms with Gasteiger partial charge in [-0.15, -0.1) is 0 Å². The van der Waals surface area contributed by atoms with Crippen LogP contribution in [0.4, 0.5) is 5.69 Å². The van der Waals surface area contributed by atoms with Gasteiger partial charge in [-0.05, 0) is 30.3 Å². The van der Waals surface area contributed by atoms with Gasteiger partial charge in [0.15, 0.2) is 5.65 Å². The van der Waals surface area contributed by atoms with Gasteiger partial charge < -0.3 is 10.1 Å². The standard InChI is InChI=1S/C16H12N4O3/c1-23-16(22)10-2-4-12(5-3-10)20-15(21)11-8-13-14(19-9-11)18-7-6-17-13/h2-9H,1H3,(H,20,21). The Morgan fingerprint density at radius 1 is 1.00 bits per heavy atom. The van der Waals surface area contributed by atoms with Crippen molar-refractivity contribution in [3.05, 3.63) is 60.0 Å². The van der Waals surface area contributed by atoms with Gasteiger partial charge in [-0.1, -0.05) is 0 Å². The average molecular weight is 308 g/mol. The highest BCUT2D eigenvalue weighted by Gasteiger charge is 2.10. The van der Waals surface area contributed by atoms with Crippen LogP contribution in [0.15, 0.2) is 48.9 Å². The molecule has 23 heavy (non-hydrogen) atoms. The predicted octanol–water partition coefficient (Wildman–Crippen LogP) is 2.06. The molecule has 0 bridgehead atoms. The third kappa shape index (κ3) is 3.13. The maximum absolute atomic E-state index is 12.2. The van der Waals surface area contributed by atoms with Crippen LogP contribution in [0.3, 0.4) is 0 Å². The number of ether oxygens (including phenoxy) is 1. The summed E-state index contributed by atoms with van der Waals surface area (Å²) in [5.41, 5.74) is 2.36. The Kier molecular flexibility index (Phi) is 3.92. The Labute approximate surface area is 131 Å². The van der Waals surface area contributed by atoms with Crippen LogP contribution in [0.2, 0.25) is 0 Å². The van der Waals surface area contributed by atoms with E-state index in [-0.39, 0.29) is 5.91 Å². The summed E-state index contributed by atoms with van der Waals surface area (Å²) in [6, 6.07) is 8.02. The Morgan fingerprint density at radius 2 is 1.74 bits per heavy atom. The fraction of sp³-hybridized carbons (Fsp3) is 0.0625. The molecule has 2 heterocycles. The van der Waals surface area contributed by atoms with Crippen LogP contribution in [0.5, 0.6) is 0 Å². The van der Waals surface area contributed by atoms with Gasteiger partial charge in [0, 0.05) is 24.3 Å². The second-order valence-corrected chi connectivity index (χ2v) is 4.65. The molecule has 0 unspecified atom stereocenters. The van der Waals surface area contributed by atoms with Crippen LogP contribution in [0.25, 0.3) is 11.2 Å². The van der Waals surface area contributed by atoms with Crippen molar-refractivity contribution >= 4 is 28.7 Å². The molecule has 1 amide bonds. The lowest BCUT2D eigenvalue weighted by atomic mass is 10.2. The molecule has 7 heteroatoms. The summed E-state index contributed by atoms with van der Waals surface area (Å²) < 4.78 is 4.62. The number of hydrogen-bond donors (Lipinski definition) is 1. The molecule has 7 nitrogen and oxygen atoms in total. The first-order chi connectivity index (χ1) is 11.2. The number of methoxy groups -OCH3 is 1. The number of esters is 1. The second-order valence-electron chi connectivity index (χ2n) is 4.65. The predicted molar refractivity (Wildman–Crippen MR) is 83.1 cm³/mol. The van der Waals surface area contributed by atoms with E-state index in [9.17, 15) is 9.59 Å². The summed E-state index contributed by atoms with van der Waals surface area (Å²) >= 11 is 0. The van der Waals surface area contributed by atoms with Crippen LogP contribution in [0, 0.1) is 0 Å². The SMILES string of the molecule is COC(=O)c1ccc(NC(=O)c2cnc3nccnc3c2)cc1. The second kappa shape index (κ2) is 6.18. The molecule has 0 aliphatic heterocycles. The van der Waals surface area contributed by atoms with Crippen LogP contribution in [-0.2, 0) is 4.74 Å². The first-order valence-corrected chi connectivity index (χ1v) is 6.74. The Hall–Kier alpha value is -3.35. The number of amides is 1. The molecule has 3 aromatic rings. The maximum atomic E-state index is 12.2. The zero-order chi connectivity index (χ0) is 16.2. The molecular formula is C16H12N4O3. The molecule has 0 saturated carbocycles. The van der Waals surface area contributed by atoms with Crippen molar-refractivity contribution in [2.24, 2.45) is 0 Å². The lowest BCUT2D eigenvalue weighted by molar-refractivity contribution is 0.0600. The van der Waals surface area contributed by atoms with Crippen molar-refractivity contribution in [2.75, 3.05) is 12.4 Å². The first-order valence-electron chi connectivity index (χ1n) is 6.74. The summed E-state index contributed by atoms with van der Waals surface area (Å²) in [4.78, 5) is 35.9. The molecule has 114 valence electrons. The monoisotopic (exact) mass is 308 g/mol. The molecule has 1 N–H and O–H groups in total. The molecule has 3 rings (SSSR count). The number of aromatic nitrogens is 3. The van der Waals surface area contributed by atoms with Gasteiger partial charge in [0.25, 0.3) is 5.91 Å². The van der Waals surface area contributed by atoms with Gasteiger partial charge in [-0.25, -0.2) is 14.8 Å². The lowest BCUT2D eigenvalue weighted by Gasteiger charge is -2.06. The zero-order valence-electron chi connectivity index (χ0n) is 12.2. The molecule has 0 fully saturated rings. The number of fused-ring (bicyclic) bond motifs is 1. The van der Waals surface area contributed by atoms with Gasteiger partial charge in [0.1, 0.15) is 5.52 Å². The van der Waals surface area contributed by atoms with Gasteiger partial charge >= 0.3 is 5.97 Å². The number of carbonyl (C=O) groups excluding carboxylic acids is 2. The van der Waals surface area contributed by atoms with E-state index >= 15 is 0 Å². The normalized spacial score (nSPS) is 10.3. The third-order valence-corrected chi connectivity index (χ3v) is 3.15. The van der Waals surface area contributed by atoms with E-state index in [0.29, 0.717) is 28.0 Å². The van der Waals surface area contributed by atoms with E-state index in [0.717, 1.165) is 0 Å². The number of nitrogens with zero attached hydrogens (tertiary/aromatic N) is 3. The minimum atomic E-state index is -0.430. The largest absolute Gasteiger partial charge is 0.465 e. The summed E-state index contributed by atoms with van der Waals surface area (Å²) in [6.07, 6.45) is 4.52. The van der Waals surface area contributed by atoms with Crippen molar-refractivity contribution in [1.82, 2.24) is 15.0 Å². The summed E-state index contributed by atoms with van der Waals surface area (Å²) in [5.74, 6) is -0.754. The first kappa shape index (κ1) is 14.6. The molecule has 0 radical (unpaired) electrons. The number of pyridine rings is 1. The number of nitrogens with one attached hydrogen (secondary N) is 1. The van der Waals surface area contributed by atoms with Crippen molar-refractivity contribution in [1.29, 1.82) is 0 Å². The maximum Gasteiger partial charge on any atom is 0.337 e. The van der Waals surface area contributed by atoms with Gasteiger partial charge in [-0.3, -0.25) is 9.78 Å².